The number of benzene rings is 2. The second kappa shape index (κ2) is 10.3. The minimum Gasteiger partial charge on any atom is -0.457 e. The highest BCUT2D eigenvalue weighted by molar-refractivity contribution is 5.91. The Morgan fingerprint density at radius 3 is 2.61 bits per heavy atom. The summed E-state index contributed by atoms with van der Waals surface area (Å²) in [5, 5.41) is 6.22. The molecule has 0 spiro atoms. The van der Waals surface area contributed by atoms with Crippen molar-refractivity contribution in [3.8, 4) is 11.5 Å². The lowest BCUT2D eigenvalue weighted by molar-refractivity contribution is -0.120. The standard InChI is InChI=1S/C27H30N6O3/c1-4-18-5-7-19(8-6-18)29-27-30-23-13-20(9-10-24(23)32(27)2)36-21-11-12-28-25(14-21)31-26(34)17-33-15-22(16-33)35-3/h5-14,22H,4,15-17H2,1-3H3,(H,29,30)(H,28,31,34). The lowest BCUT2D eigenvalue weighted by Gasteiger charge is -2.37. The van der Waals surface area contributed by atoms with Gasteiger partial charge in [-0.1, -0.05) is 19.1 Å². The summed E-state index contributed by atoms with van der Waals surface area (Å²) in [5.41, 5.74) is 4.08. The molecule has 2 aromatic carbocycles. The second-order valence-electron chi connectivity index (χ2n) is 8.90. The summed E-state index contributed by atoms with van der Waals surface area (Å²) in [5.74, 6) is 2.30. The molecule has 9 heteroatoms. The average molecular weight is 487 g/mol. The second-order valence-corrected chi connectivity index (χ2v) is 8.90. The van der Waals surface area contributed by atoms with Crippen LogP contribution in [-0.2, 0) is 23.0 Å². The molecule has 0 unspecified atom stereocenters. The zero-order valence-corrected chi connectivity index (χ0v) is 20.7. The third kappa shape index (κ3) is 5.32. The number of nitrogens with zero attached hydrogens (tertiary/aromatic N) is 4. The predicted octanol–water partition coefficient (Wildman–Crippen LogP) is 4.34. The molecule has 5 rings (SSSR count). The zero-order valence-electron chi connectivity index (χ0n) is 20.7. The number of pyridine rings is 1. The van der Waals surface area contributed by atoms with Crippen LogP contribution in [-0.4, -0.2) is 58.2 Å². The lowest BCUT2D eigenvalue weighted by Crippen LogP contribution is -2.54. The van der Waals surface area contributed by atoms with Crippen molar-refractivity contribution < 1.29 is 14.3 Å². The monoisotopic (exact) mass is 486 g/mol. The van der Waals surface area contributed by atoms with Gasteiger partial charge in [-0.05, 0) is 42.3 Å². The maximum atomic E-state index is 12.3. The molecule has 2 aromatic heterocycles. The fourth-order valence-corrected chi connectivity index (χ4v) is 4.17. The molecule has 0 atom stereocenters. The van der Waals surface area contributed by atoms with Crippen LogP contribution in [0.4, 0.5) is 17.5 Å². The number of anilines is 3. The minimum absolute atomic E-state index is 0.117. The number of aryl methyl sites for hydroxylation is 2. The largest absolute Gasteiger partial charge is 0.457 e. The molecule has 1 aliphatic heterocycles. The van der Waals surface area contributed by atoms with Crippen molar-refractivity contribution >= 4 is 34.4 Å². The normalized spacial score (nSPS) is 14.0. The third-order valence-electron chi connectivity index (χ3n) is 6.33. The van der Waals surface area contributed by atoms with Gasteiger partial charge in [0.05, 0.1) is 23.7 Å². The van der Waals surface area contributed by atoms with E-state index in [0.717, 1.165) is 42.2 Å². The first-order valence-corrected chi connectivity index (χ1v) is 12.0. The van der Waals surface area contributed by atoms with Gasteiger partial charge < -0.3 is 24.7 Å². The summed E-state index contributed by atoms with van der Waals surface area (Å²) < 4.78 is 13.3. The molecule has 4 aromatic rings. The van der Waals surface area contributed by atoms with Crippen LogP contribution in [0.5, 0.6) is 11.5 Å². The molecule has 0 saturated carbocycles. The molecule has 9 nitrogen and oxygen atoms in total. The first kappa shape index (κ1) is 23.8. The number of nitrogens with one attached hydrogen (secondary N) is 2. The molecular formula is C27H30N6O3. The maximum Gasteiger partial charge on any atom is 0.239 e. The van der Waals surface area contributed by atoms with Crippen molar-refractivity contribution in [1.29, 1.82) is 0 Å². The molecular weight excluding hydrogens is 456 g/mol. The molecule has 1 fully saturated rings. The maximum absolute atomic E-state index is 12.3. The summed E-state index contributed by atoms with van der Waals surface area (Å²) in [6.45, 7) is 3.97. The van der Waals surface area contributed by atoms with Gasteiger partial charge in [0.2, 0.25) is 11.9 Å². The van der Waals surface area contributed by atoms with E-state index in [0.29, 0.717) is 23.9 Å². The van der Waals surface area contributed by atoms with Crippen LogP contribution in [0.2, 0.25) is 0 Å². The molecule has 1 aliphatic rings. The van der Waals surface area contributed by atoms with Gasteiger partial charge in [-0.25, -0.2) is 9.97 Å². The van der Waals surface area contributed by atoms with Gasteiger partial charge in [-0.3, -0.25) is 9.69 Å². The molecule has 186 valence electrons. The Morgan fingerprint density at radius 1 is 1.08 bits per heavy atom. The van der Waals surface area contributed by atoms with E-state index in [1.165, 1.54) is 5.56 Å². The number of methoxy groups -OCH3 is 1. The molecule has 3 heterocycles. The number of imidazole rings is 1. The fraction of sp³-hybridized carbons (Fsp3) is 0.296. The van der Waals surface area contributed by atoms with Gasteiger partial charge >= 0.3 is 0 Å². The number of hydrogen-bond acceptors (Lipinski definition) is 7. The summed E-state index contributed by atoms with van der Waals surface area (Å²) >= 11 is 0. The SMILES string of the molecule is CCc1ccc(Nc2nc3cc(Oc4ccnc(NC(=O)CN5CC(OC)C5)c4)ccc3n2C)cc1. The van der Waals surface area contributed by atoms with Gasteiger partial charge in [0, 0.05) is 51.3 Å². The number of carbonyl (C=O) groups excluding carboxylic acids is 1. The van der Waals surface area contributed by atoms with Gasteiger partial charge in [0.15, 0.2) is 0 Å². The zero-order chi connectivity index (χ0) is 25.1. The van der Waals surface area contributed by atoms with Crippen molar-refractivity contribution in [1.82, 2.24) is 19.4 Å². The van der Waals surface area contributed by atoms with E-state index in [1.54, 1.807) is 25.4 Å². The van der Waals surface area contributed by atoms with Crippen molar-refractivity contribution in [3.05, 3.63) is 66.4 Å². The Bertz CT molecular complexity index is 1360. The van der Waals surface area contributed by atoms with Crippen LogP contribution < -0.4 is 15.4 Å². The number of aromatic nitrogens is 3. The van der Waals surface area contributed by atoms with Gasteiger partial charge in [0.1, 0.15) is 17.3 Å². The Labute approximate surface area is 210 Å². The van der Waals surface area contributed by atoms with E-state index in [1.807, 2.05) is 34.7 Å². The molecule has 0 bridgehead atoms. The predicted molar refractivity (Wildman–Crippen MR) is 140 cm³/mol. The number of ether oxygens (including phenoxy) is 2. The summed E-state index contributed by atoms with van der Waals surface area (Å²) in [7, 11) is 3.66. The average Bonchev–Trinajstić information content (AvgIpc) is 3.16. The van der Waals surface area contributed by atoms with Crippen LogP contribution in [0.15, 0.2) is 60.8 Å². The van der Waals surface area contributed by atoms with Crippen molar-refractivity contribution in [2.75, 3.05) is 37.4 Å². The number of carbonyl (C=O) groups is 1. The molecule has 2 N–H and O–H groups in total. The third-order valence-corrected chi connectivity index (χ3v) is 6.33. The van der Waals surface area contributed by atoms with E-state index in [2.05, 4.69) is 46.8 Å². The first-order chi connectivity index (χ1) is 17.5. The van der Waals surface area contributed by atoms with E-state index in [9.17, 15) is 4.79 Å². The molecule has 1 saturated heterocycles. The highest BCUT2D eigenvalue weighted by Crippen LogP contribution is 2.29. The minimum atomic E-state index is -0.117. The highest BCUT2D eigenvalue weighted by atomic mass is 16.5. The smallest absolute Gasteiger partial charge is 0.239 e. The molecule has 1 amide bonds. The highest BCUT2D eigenvalue weighted by Gasteiger charge is 2.27. The van der Waals surface area contributed by atoms with Crippen molar-refractivity contribution in [2.24, 2.45) is 7.05 Å². The number of hydrogen-bond donors (Lipinski definition) is 2. The lowest BCUT2D eigenvalue weighted by atomic mass is 10.1. The van der Waals surface area contributed by atoms with Gasteiger partial charge in [0.25, 0.3) is 0 Å². The molecule has 36 heavy (non-hydrogen) atoms. The summed E-state index contributed by atoms with van der Waals surface area (Å²) in [6, 6.07) is 17.6. The van der Waals surface area contributed by atoms with Crippen LogP contribution in [0, 0.1) is 0 Å². The van der Waals surface area contributed by atoms with Crippen LogP contribution in [0.1, 0.15) is 12.5 Å². The Hall–Kier alpha value is -3.95. The van der Waals surface area contributed by atoms with E-state index in [-0.39, 0.29) is 12.0 Å². The van der Waals surface area contributed by atoms with E-state index in [4.69, 9.17) is 14.5 Å². The van der Waals surface area contributed by atoms with Gasteiger partial charge in [-0.15, -0.1) is 0 Å². The summed E-state index contributed by atoms with van der Waals surface area (Å²) in [4.78, 5) is 23.3. The van der Waals surface area contributed by atoms with Crippen LogP contribution in [0.3, 0.4) is 0 Å². The summed E-state index contributed by atoms with van der Waals surface area (Å²) in [6.07, 6.45) is 2.83. The van der Waals surface area contributed by atoms with Crippen LogP contribution in [0.25, 0.3) is 11.0 Å². The topological polar surface area (TPSA) is 93.5 Å². The Morgan fingerprint density at radius 2 is 1.86 bits per heavy atom. The number of fused-ring (bicyclic) bond motifs is 1. The fourth-order valence-electron chi connectivity index (χ4n) is 4.17. The first-order valence-electron chi connectivity index (χ1n) is 12.0. The van der Waals surface area contributed by atoms with Crippen molar-refractivity contribution in [3.63, 3.8) is 0 Å². The van der Waals surface area contributed by atoms with E-state index >= 15 is 0 Å². The van der Waals surface area contributed by atoms with Crippen molar-refractivity contribution in [2.45, 2.75) is 19.4 Å². The number of likely N-dealkylation sites (tertiary alicyclic amines) is 1. The number of rotatable bonds is 9. The molecule has 0 aliphatic carbocycles. The van der Waals surface area contributed by atoms with E-state index < -0.39 is 0 Å². The quantitative estimate of drug-likeness (QED) is 0.364. The Balaban J connectivity index is 1.25. The van der Waals surface area contributed by atoms with Crippen LogP contribution >= 0.6 is 0 Å². The Kier molecular flexibility index (Phi) is 6.84. The molecule has 0 radical (unpaired) electrons. The number of amides is 1. The van der Waals surface area contributed by atoms with Gasteiger partial charge in [-0.2, -0.15) is 0 Å².